The molecule has 1 aliphatic rings. The Hall–Kier alpha value is -1.99. The predicted molar refractivity (Wildman–Crippen MR) is 99.8 cm³/mol. The van der Waals surface area contributed by atoms with Crippen molar-refractivity contribution in [3.63, 3.8) is 0 Å². The second kappa shape index (κ2) is 5.82. The van der Waals surface area contributed by atoms with E-state index in [1.807, 2.05) is 17.5 Å². The van der Waals surface area contributed by atoms with Crippen LogP contribution in [0.25, 0.3) is 20.9 Å². The van der Waals surface area contributed by atoms with Crippen LogP contribution in [-0.2, 0) is 4.79 Å². The molecule has 4 heterocycles. The minimum absolute atomic E-state index is 0.276. The summed E-state index contributed by atoms with van der Waals surface area (Å²) < 4.78 is 0. The average Bonchev–Trinajstić information content (AvgIpc) is 3.28. The number of nitrogens with two attached hydrogens (primary N) is 1. The van der Waals surface area contributed by atoms with Crippen LogP contribution in [-0.4, -0.2) is 28.5 Å². The normalized spacial score (nSPS) is 17.8. The molecule has 2 N–H and O–H groups in total. The number of rotatable bonds is 3. The zero-order valence-corrected chi connectivity index (χ0v) is 15.2. The summed E-state index contributed by atoms with van der Waals surface area (Å²) in [6.07, 6.45) is 1.74. The van der Waals surface area contributed by atoms with Crippen molar-refractivity contribution in [1.82, 2.24) is 9.97 Å². The molecule has 5 nitrogen and oxygen atoms in total. The number of primary amides is 1. The Morgan fingerprint density at radius 3 is 2.92 bits per heavy atom. The lowest BCUT2D eigenvalue weighted by Gasteiger charge is -2.24. The van der Waals surface area contributed by atoms with Crippen LogP contribution in [0.2, 0.25) is 0 Å². The quantitative estimate of drug-likeness (QED) is 0.778. The van der Waals surface area contributed by atoms with Gasteiger partial charge in [-0.05, 0) is 43.7 Å². The third kappa shape index (κ3) is 2.39. The van der Waals surface area contributed by atoms with Crippen molar-refractivity contribution in [2.45, 2.75) is 32.7 Å². The lowest BCUT2D eigenvalue weighted by atomic mass is 10.1. The fourth-order valence-electron chi connectivity index (χ4n) is 3.27. The molecule has 1 unspecified atom stereocenters. The topological polar surface area (TPSA) is 72.1 Å². The van der Waals surface area contributed by atoms with Gasteiger partial charge in [-0.1, -0.05) is 6.07 Å². The summed E-state index contributed by atoms with van der Waals surface area (Å²) in [6.45, 7) is 5.00. The maximum Gasteiger partial charge on any atom is 0.240 e. The van der Waals surface area contributed by atoms with E-state index in [9.17, 15) is 4.79 Å². The van der Waals surface area contributed by atoms with E-state index >= 15 is 0 Å². The van der Waals surface area contributed by atoms with Gasteiger partial charge >= 0.3 is 0 Å². The summed E-state index contributed by atoms with van der Waals surface area (Å²) in [5, 5.41) is 3.08. The molecule has 1 saturated heterocycles. The first-order chi connectivity index (χ1) is 11.6. The molecule has 0 radical (unpaired) electrons. The molecule has 1 fully saturated rings. The fraction of sp³-hybridized carbons (Fsp3) is 0.353. The molecule has 3 aromatic heterocycles. The molecule has 0 bridgehead atoms. The second-order valence-corrected chi connectivity index (χ2v) is 8.22. The number of thiophene rings is 2. The zero-order chi connectivity index (χ0) is 16.8. The van der Waals surface area contributed by atoms with Gasteiger partial charge in [0.15, 0.2) is 5.82 Å². The van der Waals surface area contributed by atoms with Gasteiger partial charge in [-0.3, -0.25) is 4.79 Å². The van der Waals surface area contributed by atoms with E-state index in [-0.39, 0.29) is 11.9 Å². The zero-order valence-electron chi connectivity index (χ0n) is 13.6. The average molecular weight is 358 g/mol. The van der Waals surface area contributed by atoms with Crippen LogP contribution in [0.3, 0.4) is 0 Å². The van der Waals surface area contributed by atoms with Crippen molar-refractivity contribution in [3.8, 4) is 10.7 Å². The predicted octanol–water partition coefficient (Wildman–Crippen LogP) is 3.49. The highest BCUT2D eigenvalue weighted by Gasteiger charge is 2.32. The minimum atomic E-state index is -0.279. The maximum absolute atomic E-state index is 11.9. The SMILES string of the molecule is Cc1sc2nc(-c3cccs3)nc(N3CCCC3C(N)=O)c2c1C. The van der Waals surface area contributed by atoms with Crippen molar-refractivity contribution in [3.05, 3.63) is 28.0 Å². The van der Waals surface area contributed by atoms with Gasteiger partial charge in [0.2, 0.25) is 5.91 Å². The number of nitrogens with zero attached hydrogens (tertiary/aromatic N) is 3. The molecule has 24 heavy (non-hydrogen) atoms. The molecular weight excluding hydrogens is 340 g/mol. The van der Waals surface area contributed by atoms with Crippen LogP contribution in [0.4, 0.5) is 5.82 Å². The Labute approximate surface area is 148 Å². The first-order valence-electron chi connectivity index (χ1n) is 7.94. The first kappa shape index (κ1) is 15.5. The molecule has 3 aromatic rings. The highest BCUT2D eigenvalue weighted by Crippen LogP contribution is 2.39. The van der Waals surface area contributed by atoms with Gasteiger partial charge in [0.05, 0.1) is 10.3 Å². The largest absolute Gasteiger partial charge is 0.368 e. The molecule has 124 valence electrons. The second-order valence-electron chi connectivity index (χ2n) is 6.07. The monoisotopic (exact) mass is 358 g/mol. The summed E-state index contributed by atoms with van der Waals surface area (Å²) in [5.41, 5.74) is 6.82. The Morgan fingerprint density at radius 2 is 2.21 bits per heavy atom. The number of aryl methyl sites for hydroxylation is 2. The van der Waals surface area contributed by atoms with E-state index in [1.165, 1.54) is 10.4 Å². The van der Waals surface area contributed by atoms with Crippen LogP contribution in [0.1, 0.15) is 23.3 Å². The van der Waals surface area contributed by atoms with E-state index in [0.717, 1.165) is 46.1 Å². The first-order valence-corrected chi connectivity index (χ1v) is 9.63. The van der Waals surface area contributed by atoms with Crippen LogP contribution in [0.15, 0.2) is 17.5 Å². The standard InChI is InChI=1S/C17H18N4OS2/c1-9-10(2)24-17-13(9)16(21-7-3-5-11(21)14(18)22)19-15(20-17)12-6-4-8-23-12/h4,6,8,11H,3,5,7H2,1-2H3,(H2,18,22). The Bertz CT molecular complexity index is 916. The minimum Gasteiger partial charge on any atom is -0.368 e. The summed E-state index contributed by atoms with van der Waals surface area (Å²) in [4.78, 5) is 26.8. The van der Waals surface area contributed by atoms with Gasteiger partial charge in [0, 0.05) is 11.4 Å². The number of hydrogen-bond acceptors (Lipinski definition) is 6. The van der Waals surface area contributed by atoms with Crippen molar-refractivity contribution >= 4 is 44.6 Å². The van der Waals surface area contributed by atoms with Gasteiger partial charge in [0.25, 0.3) is 0 Å². The molecule has 7 heteroatoms. The molecule has 0 aromatic carbocycles. The van der Waals surface area contributed by atoms with E-state index in [0.29, 0.717) is 0 Å². The summed E-state index contributed by atoms with van der Waals surface area (Å²) in [5.74, 6) is 1.30. The third-order valence-electron chi connectivity index (χ3n) is 4.60. The summed E-state index contributed by atoms with van der Waals surface area (Å²) in [7, 11) is 0. The lowest BCUT2D eigenvalue weighted by Crippen LogP contribution is -2.40. The Morgan fingerprint density at radius 1 is 1.38 bits per heavy atom. The molecule has 1 atom stereocenters. The molecule has 0 saturated carbocycles. The molecule has 1 aliphatic heterocycles. The third-order valence-corrected chi connectivity index (χ3v) is 6.57. The smallest absolute Gasteiger partial charge is 0.240 e. The number of hydrogen-bond donors (Lipinski definition) is 1. The van der Waals surface area contributed by atoms with E-state index in [1.54, 1.807) is 22.7 Å². The summed E-state index contributed by atoms with van der Waals surface area (Å²) >= 11 is 3.31. The van der Waals surface area contributed by atoms with Gasteiger partial charge in [0.1, 0.15) is 16.7 Å². The number of aromatic nitrogens is 2. The van der Waals surface area contributed by atoms with Crippen LogP contribution in [0, 0.1) is 13.8 Å². The highest BCUT2D eigenvalue weighted by molar-refractivity contribution is 7.19. The number of amides is 1. The number of carbonyl (C=O) groups is 1. The van der Waals surface area contributed by atoms with Crippen molar-refractivity contribution in [2.75, 3.05) is 11.4 Å². The van der Waals surface area contributed by atoms with Gasteiger partial charge in [-0.2, -0.15) is 0 Å². The van der Waals surface area contributed by atoms with E-state index in [2.05, 4.69) is 18.7 Å². The van der Waals surface area contributed by atoms with E-state index in [4.69, 9.17) is 15.7 Å². The Balaban J connectivity index is 1.96. The van der Waals surface area contributed by atoms with Gasteiger partial charge in [-0.25, -0.2) is 9.97 Å². The van der Waals surface area contributed by atoms with Crippen molar-refractivity contribution in [2.24, 2.45) is 5.73 Å². The molecule has 0 aliphatic carbocycles. The highest BCUT2D eigenvalue weighted by atomic mass is 32.1. The van der Waals surface area contributed by atoms with Crippen molar-refractivity contribution < 1.29 is 4.79 Å². The number of fused-ring (bicyclic) bond motifs is 1. The number of anilines is 1. The summed E-state index contributed by atoms with van der Waals surface area (Å²) in [6, 6.07) is 3.75. The molecule has 4 rings (SSSR count). The molecular formula is C17H18N4OS2. The maximum atomic E-state index is 11.9. The Kier molecular flexibility index (Phi) is 3.77. The fourth-order valence-corrected chi connectivity index (χ4v) is 4.95. The van der Waals surface area contributed by atoms with Crippen molar-refractivity contribution in [1.29, 1.82) is 0 Å². The van der Waals surface area contributed by atoms with E-state index < -0.39 is 0 Å². The number of carbonyl (C=O) groups excluding carboxylic acids is 1. The molecule has 1 amide bonds. The van der Waals surface area contributed by atoms with Gasteiger partial charge < -0.3 is 10.6 Å². The van der Waals surface area contributed by atoms with Gasteiger partial charge in [-0.15, -0.1) is 22.7 Å². The van der Waals surface area contributed by atoms with Crippen LogP contribution >= 0.6 is 22.7 Å². The lowest BCUT2D eigenvalue weighted by molar-refractivity contribution is -0.119. The van der Waals surface area contributed by atoms with Crippen LogP contribution in [0.5, 0.6) is 0 Å². The van der Waals surface area contributed by atoms with Crippen LogP contribution < -0.4 is 10.6 Å². The molecule has 0 spiro atoms.